The Morgan fingerprint density at radius 2 is 1.93 bits per heavy atom. The molecule has 0 spiro atoms. The molecule has 0 saturated carbocycles. The molecule has 0 aliphatic rings. The summed E-state index contributed by atoms with van der Waals surface area (Å²) in [5, 5.41) is 9.62. The number of H-pyrrole nitrogens is 1. The molecular weight excluding hydrogens is 359 g/mol. The SMILES string of the molecule is CCC(=O)Nc1cc(F)cc(C(=O)N(C)Cc2cn[nH]c2-c2ccccc2)c1. The lowest BCUT2D eigenvalue weighted by atomic mass is 10.1. The molecule has 0 bridgehead atoms. The number of nitrogens with zero attached hydrogens (tertiary/aromatic N) is 2. The molecule has 0 radical (unpaired) electrons. The fraction of sp³-hybridized carbons (Fsp3) is 0.190. The highest BCUT2D eigenvalue weighted by atomic mass is 19.1. The third-order valence-corrected chi connectivity index (χ3v) is 4.28. The highest BCUT2D eigenvalue weighted by molar-refractivity contribution is 5.97. The van der Waals surface area contributed by atoms with E-state index in [-0.39, 0.29) is 29.5 Å². The maximum absolute atomic E-state index is 13.9. The Labute approximate surface area is 162 Å². The van der Waals surface area contributed by atoms with Gasteiger partial charge in [-0.15, -0.1) is 0 Å². The third kappa shape index (κ3) is 4.43. The fourth-order valence-corrected chi connectivity index (χ4v) is 2.87. The van der Waals surface area contributed by atoms with Crippen LogP contribution in [0.3, 0.4) is 0 Å². The zero-order chi connectivity index (χ0) is 20.1. The van der Waals surface area contributed by atoms with Crippen molar-refractivity contribution < 1.29 is 14.0 Å². The molecule has 0 unspecified atom stereocenters. The van der Waals surface area contributed by atoms with Crippen LogP contribution in [0.25, 0.3) is 11.3 Å². The summed E-state index contributed by atoms with van der Waals surface area (Å²) in [5.74, 6) is -1.19. The number of rotatable bonds is 6. The second kappa shape index (κ2) is 8.47. The number of aromatic nitrogens is 2. The van der Waals surface area contributed by atoms with Gasteiger partial charge in [0.15, 0.2) is 0 Å². The van der Waals surface area contributed by atoms with E-state index < -0.39 is 5.82 Å². The van der Waals surface area contributed by atoms with Gasteiger partial charge in [0.1, 0.15) is 5.82 Å². The molecular formula is C21H21FN4O2. The number of hydrogen-bond acceptors (Lipinski definition) is 3. The van der Waals surface area contributed by atoms with Crippen molar-refractivity contribution >= 4 is 17.5 Å². The molecule has 144 valence electrons. The predicted octanol–water partition coefficient (Wildman–Crippen LogP) is 3.84. The smallest absolute Gasteiger partial charge is 0.254 e. The van der Waals surface area contributed by atoms with Crippen molar-refractivity contribution in [1.82, 2.24) is 15.1 Å². The van der Waals surface area contributed by atoms with Gasteiger partial charge in [-0.3, -0.25) is 14.7 Å². The zero-order valence-electron chi connectivity index (χ0n) is 15.7. The first-order chi connectivity index (χ1) is 13.5. The standard InChI is InChI=1S/C21H21FN4O2/c1-3-19(27)24-18-10-15(9-17(22)11-18)21(28)26(2)13-16-12-23-25-20(16)14-7-5-4-6-8-14/h4-12H,3,13H2,1-2H3,(H,23,25)(H,24,27). The fourth-order valence-electron chi connectivity index (χ4n) is 2.87. The van der Waals surface area contributed by atoms with Crippen LogP contribution in [-0.4, -0.2) is 34.0 Å². The minimum atomic E-state index is -0.584. The van der Waals surface area contributed by atoms with Gasteiger partial charge >= 0.3 is 0 Å². The van der Waals surface area contributed by atoms with E-state index in [9.17, 15) is 14.0 Å². The van der Waals surface area contributed by atoms with Crippen molar-refractivity contribution in [3.8, 4) is 11.3 Å². The Morgan fingerprint density at radius 1 is 1.18 bits per heavy atom. The van der Waals surface area contributed by atoms with E-state index in [1.165, 1.54) is 17.0 Å². The van der Waals surface area contributed by atoms with Crippen molar-refractivity contribution in [2.75, 3.05) is 12.4 Å². The van der Waals surface area contributed by atoms with Crippen LogP contribution in [0.15, 0.2) is 54.7 Å². The van der Waals surface area contributed by atoms with Crippen molar-refractivity contribution in [3.63, 3.8) is 0 Å². The Hall–Kier alpha value is -3.48. The van der Waals surface area contributed by atoms with Gasteiger partial charge in [-0.25, -0.2) is 4.39 Å². The minimum absolute atomic E-state index is 0.165. The van der Waals surface area contributed by atoms with Crippen LogP contribution in [0.1, 0.15) is 29.3 Å². The van der Waals surface area contributed by atoms with Crippen LogP contribution in [0.4, 0.5) is 10.1 Å². The third-order valence-electron chi connectivity index (χ3n) is 4.28. The van der Waals surface area contributed by atoms with Gasteiger partial charge in [-0.1, -0.05) is 37.3 Å². The summed E-state index contributed by atoms with van der Waals surface area (Å²) in [6.07, 6.45) is 1.94. The summed E-state index contributed by atoms with van der Waals surface area (Å²) in [5.41, 5.74) is 3.06. The molecule has 2 N–H and O–H groups in total. The van der Waals surface area contributed by atoms with Crippen molar-refractivity contribution in [1.29, 1.82) is 0 Å². The van der Waals surface area contributed by atoms with Gasteiger partial charge in [0.25, 0.3) is 5.91 Å². The zero-order valence-corrected chi connectivity index (χ0v) is 15.7. The number of carbonyl (C=O) groups is 2. The second-order valence-corrected chi connectivity index (χ2v) is 6.43. The molecule has 1 aromatic heterocycles. The van der Waals surface area contributed by atoms with Crippen LogP contribution in [0.2, 0.25) is 0 Å². The maximum Gasteiger partial charge on any atom is 0.254 e. The normalized spacial score (nSPS) is 10.5. The number of nitrogens with one attached hydrogen (secondary N) is 2. The molecule has 2 amide bonds. The molecule has 6 nitrogen and oxygen atoms in total. The van der Waals surface area contributed by atoms with E-state index in [1.807, 2.05) is 30.3 Å². The number of hydrogen-bond donors (Lipinski definition) is 2. The topological polar surface area (TPSA) is 78.1 Å². The molecule has 0 aliphatic carbocycles. The van der Waals surface area contributed by atoms with E-state index >= 15 is 0 Å². The summed E-state index contributed by atoms with van der Waals surface area (Å²) in [7, 11) is 1.64. The molecule has 3 aromatic rings. The average molecular weight is 380 g/mol. The predicted molar refractivity (Wildman–Crippen MR) is 105 cm³/mol. The first-order valence-corrected chi connectivity index (χ1v) is 8.91. The summed E-state index contributed by atoms with van der Waals surface area (Å²) in [6, 6.07) is 13.5. The maximum atomic E-state index is 13.9. The van der Waals surface area contributed by atoms with Crippen molar-refractivity contribution in [2.24, 2.45) is 0 Å². The Balaban J connectivity index is 1.79. The average Bonchev–Trinajstić information content (AvgIpc) is 3.15. The van der Waals surface area contributed by atoms with Crippen LogP contribution in [0, 0.1) is 5.82 Å². The first kappa shape index (κ1) is 19.3. The molecule has 7 heteroatoms. The molecule has 0 saturated heterocycles. The van der Waals surface area contributed by atoms with Gasteiger partial charge in [-0.2, -0.15) is 5.10 Å². The van der Waals surface area contributed by atoms with Gasteiger partial charge in [0.05, 0.1) is 11.9 Å². The summed E-state index contributed by atoms with van der Waals surface area (Å²) in [4.78, 5) is 25.8. The summed E-state index contributed by atoms with van der Waals surface area (Å²) >= 11 is 0. The first-order valence-electron chi connectivity index (χ1n) is 8.91. The summed E-state index contributed by atoms with van der Waals surface area (Å²) < 4.78 is 13.9. The van der Waals surface area contributed by atoms with E-state index in [0.717, 1.165) is 22.9 Å². The Morgan fingerprint density at radius 3 is 2.64 bits per heavy atom. The monoisotopic (exact) mass is 380 g/mol. The highest BCUT2D eigenvalue weighted by Gasteiger charge is 2.17. The minimum Gasteiger partial charge on any atom is -0.337 e. The molecule has 2 aromatic carbocycles. The van der Waals surface area contributed by atoms with E-state index in [4.69, 9.17) is 0 Å². The van der Waals surface area contributed by atoms with Crippen molar-refractivity contribution in [3.05, 3.63) is 71.7 Å². The Kier molecular flexibility index (Phi) is 5.84. The lowest BCUT2D eigenvalue weighted by Crippen LogP contribution is -2.26. The van der Waals surface area contributed by atoms with Crippen LogP contribution < -0.4 is 5.32 Å². The second-order valence-electron chi connectivity index (χ2n) is 6.43. The van der Waals surface area contributed by atoms with Crippen LogP contribution in [0.5, 0.6) is 0 Å². The number of amides is 2. The van der Waals surface area contributed by atoms with Crippen LogP contribution in [-0.2, 0) is 11.3 Å². The van der Waals surface area contributed by atoms with Gasteiger partial charge in [0, 0.05) is 36.8 Å². The van der Waals surface area contributed by atoms with E-state index in [1.54, 1.807) is 20.2 Å². The lowest BCUT2D eigenvalue weighted by molar-refractivity contribution is -0.115. The van der Waals surface area contributed by atoms with E-state index in [2.05, 4.69) is 15.5 Å². The van der Waals surface area contributed by atoms with Crippen LogP contribution >= 0.6 is 0 Å². The molecule has 3 rings (SSSR count). The molecule has 0 fully saturated rings. The number of halogens is 1. The quantitative estimate of drug-likeness (QED) is 0.682. The van der Waals surface area contributed by atoms with Gasteiger partial charge in [-0.05, 0) is 23.8 Å². The Bertz CT molecular complexity index is 985. The molecule has 0 aliphatic heterocycles. The number of carbonyl (C=O) groups excluding carboxylic acids is 2. The summed E-state index contributed by atoms with van der Waals surface area (Å²) in [6.45, 7) is 2.00. The lowest BCUT2D eigenvalue weighted by Gasteiger charge is -2.18. The van der Waals surface area contributed by atoms with E-state index in [0.29, 0.717) is 6.54 Å². The van der Waals surface area contributed by atoms with Crippen molar-refractivity contribution in [2.45, 2.75) is 19.9 Å². The van der Waals surface area contributed by atoms with Gasteiger partial charge < -0.3 is 10.2 Å². The number of benzene rings is 2. The van der Waals surface area contributed by atoms with Gasteiger partial charge in [0.2, 0.25) is 5.91 Å². The molecule has 28 heavy (non-hydrogen) atoms. The highest BCUT2D eigenvalue weighted by Crippen LogP contribution is 2.23. The molecule has 0 atom stereocenters. The molecule has 1 heterocycles. The number of aromatic amines is 1. The largest absolute Gasteiger partial charge is 0.337 e. The number of anilines is 1.